The fraction of sp³-hybridized carbons (Fsp3) is 0.303. The summed E-state index contributed by atoms with van der Waals surface area (Å²) in [6.07, 6.45) is -0.128. The van der Waals surface area contributed by atoms with Crippen molar-refractivity contribution in [3.8, 4) is 16.9 Å². The molecular weight excluding hydrogens is 490 g/mol. The zero-order valence-corrected chi connectivity index (χ0v) is 23.0. The Labute approximate surface area is 230 Å². The fourth-order valence-corrected chi connectivity index (χ4v) is 4.87. The van der Waals surface area contributed by atoms with Gasteiger partial charge in [0.05, 0.1) is 25.9 Å². The van der Waals surface area contributed by atoms with Gasteiger partial charge in [-0.1, -0.05) is 72.8 Å². The summed E-state index contributed by atoms with van der Waals surface area (Å²) < 4.78 is 11.4. The lowest BCUT2D eigenvalue weighted by molar-refractivity contribution is -0.00397. The van der Waals surface area contributed by atoms with E-state index < -0.39 is 12.1 Å². The Bertz CT molecular complexity index is 1430. The van der Waals surface area contributed by atoms with Crippen LogP contribution in [0, 0.1) is 0 Å². The van der Waals surface area contributed by atoms with Crippen molar-refractivity contribution in [1.29, 1.82) is 0 Å². The molecule has 2 unspecified atom stereocenters. The number of aromatic carboxylic acids is 1. The number of carboxylic acids is 1. The topological polar surface area (TPSA) is 88.0 Å². The minimum atomic E-state index is -1.04. The number of hydrogen-bond donors (Lipinski definition) is 3. The molecule has 0 aliphatic heterocycles. The number of fused-ring (bicyclic) bond motifs is 1. The molecule has 0 spiro atoms. The fourth-order valence-electron chi connectivity index (χ4n) is 4.87. The van der Waals surface area contributed by atoms with Crippen LogP contribution >= 0.6 is 0 Å². The highest BCUT2D eigenvalue weighted by molar-refractivity contribution is 5.92. The van der Waals surface area contributed by atoms with Gasteiger partial charge in [0, 0.05) is 12.1 Å². The highest BCUT2D eigenvalue weighted by atomic mass is 16.5. The van der Waals surface area contributed by atoms with Crippen molar-refractivity contribution in [3.63, 3.8) is 0 Å². The van der Waals surface area contributed by atoms with Crippen molar-refractivity contribution in [2.45, 2.75) is 44.9 Å². The van der Waals surface area contributed by atoms with Gasteiger partial charge in [0.1, 0.15) is 11.3 Å². The number of benzene rings is 4. The maximum Gasteiger partial charge on any atom is 0.339 e. The summed E-state index contributed by atoms with van der Waals surface area (Å²) >= 11 is 0. The zero-order chi connectivity index (χ0) is 28.0. The lowest BCUT2D eigenvalue weighted by Crippen LogP contribution is -2.46. The number of rotatable bonds is 12. The zero-order valence-electron chi connectivity index (χ0n) is 23.0. The van der Waals surface area contributed by atoms with E-state index >= 15 is 0 Å². The van der Waals surface area contributed by atoms with Crippen LogP contribution in [-0.2, 0) is 11.2 Å². The smallest absolute Gasteiger partial charge is 0.339 e. The van der Waals surface area contributed by atoms with E-state index in [0.717, 1.165) is 23.1 Å². The SMILES string of the molecule is COc1cc(-c2ccccc2C(C)OCC(O)CNC(C)(C)Cc2ccc3ccccc3c2)ccc1C(=O)O. The number of aliphatic hydroxyl groups is 1. The van der Waals surface area contributed by atoms with Crippen LogP contribution in [-0.4, -0.2) is 48.1 Å². The second kappa shape index (κ2) is 12.4. The average molecular weight is 528 g/mol. The van der Waals surface area contributed by atoms with Gasteiger partial charge in [-0.2, -0.15) is 0 Å². The highest BCUT2D eigenvalue weighted by Gasteiger charge is 2.21. The number of aliphatic hydroxyl groups excluding tert-OH is 1. The second-order valence-electron chi connectivity index (χ2n) is 10.6. The van der Waals surface area contributed by atoms with Crippen molar-refractivity contribution < 1.29 is 24.5 Å². The largest absolute Gasteiger partial charge is 0.496 e. The van der Waals surface area contributed by atoms with Crippen LogP contribution in [0.25, 0.3) is 21.9 Å². The van der Waals surface area contributed by atoms with Crippen molar-refractivity contribution >= 4 is 16.7 Å². The third-order valence-corrected chi connectivity index (χ3v) is 6.96. The second-order valence-corrected chi connectivity index (χ2v) is 10.6. The molecule has 204 valence electrons. The van der Waals surface area contributed by atoms with Crippen LogP contribution in [0.1, 0.15) is 48.4 Å². The highest BCUT2D eigenvalue weighted by Crippen LogP contribution is 2.33. The standard InChI is InChI=1S/C33H37NO5/c1-22(28-11-7-8-12-29(28)26-15-16-30(32(36)37)31(18-26)38-4)39-21-27(35)20-34-33(2,3)19-23-13-14-24-9-5-6-10-25(24)17-23/h5-18,22,27,34-35H,19-21H2,1-4H3,(H,36,37). The molecule has 4 aromatic carbocycles. The van der Waals surface area contributed by atoms with Gasteiger partial charge < -0.3 is 25.0 Å². The van der Waals surface area contributed by atoms with Crippen molar-refractivity contribution in [2.24, 2.45) is 0 Å². The Morgan fingerprint density at radius 1 is 0.949 bits per heavy atom. The lowest BCUT2D eigenvalue weighted by Gasteiger charge is -2.28. The van der Waals surface area contributed by atoms with E-state index in [2.05, 4.69) is 55.6 Å². The quantitative estimate of drug-likeness (QED) is 0.201. The Hall–Kier alpha value is -3.71. The van der Waals surface area contributed by atoms with E-state index in [1.807, 2.05) is 37.3 Å². The van der Waals surface area contributed by atoms with Crippen LogP contribution in [0.15, 0.2) is 84.9 Å². The molecule has 0 aromatic heterocycles. The summed E-state index contributed by atoms with van der Waals surface area (Å²) in [6, 6.07) is 27.7. The monoisotopic (exact) mass is 527 g/mol. The molecule has 4 aromatic rings. The van der Waals surface area contributed by atoms with Gasteiger partial charge >= 0.3 is 5.97 Å². The molecule has 0 aliphatic rings. The van der Waals surface area contributed by atoms with Crippen LogP contribution in [0.4, 0.5) is 0 Å². The maximum absolute atomic E-state index is 11.5. The number of methoxy groups -OCH3 is 1. The van der Waals surface area contributed by atoms with E-state index in [9.17, 15) is 15.0 Å². The first-order valence-corrected chi connectivity index (χ1v) is 13.2. The molecule has 2 atom stereocenters. The number of carbonyl (C=O) groups is 1. The number of hydrogen-bond acceptors (Lipinski definition) is 5. The van der Waals surface area contributed by atoms with Crippen molar-refractivity contribution in [2.75, 3.05) is 20.3 Å². The molecule has 6 nitrogen and oxygen atoms in total. The third kappa shape index (κ3) is 7.24. The molecule has 0 fully saturated rings. The van der Waals surface area contributed by atoms with Crippen LogP contribution in [0.5, 0.6) is 5.75 Å². The number of carboxylic acid groups (broad SMARTS) is 1. The number of β-amino-alcohol motifs (C(OH)–C–C–N with tert-alkyl or cyclic N) is 1. The Balaban J connectivity index is 1.35. The van der Waals surface area contributed by atoms with Gasteiger partial charge in [-0.3, -0.25) is 0 Å². The summed E-state index contributed by atoms with van der Waals surface area (Å²) in [6.45, 7) is 6.81. The van der Waals surface area contributed by atoms with Gasteiger partial charge in [-0.25, -0.2) is 4.79 Å². The Kier molecular flexibility index (Phi) is 9.02. The molecule has 39 heavy (non-hydrogen) atoms. The molecule has 6 heteroatoms. The van der Waals surface area contributed by atoms with E-state index in [4.69, 9.17) is 9.47 Å². The normalized spacial score (nSPS) is 13.3. The third-order valence-electron chi connectivity index (χ3n) is 6.96. The first kappa shape index (κ1) is 28.3. The molecule has 0 bridgehead atoms. The molecule has 4 rings (SSSR count). The van der Waals surface area contributed by atoms with Gasteiger partial charge in [-0.15, -0.1) is 0 Å². The van der Waals surface area contributed by atoms with Crippen molar-refractivity contribution in [3.05, 3.63) is 102 Å². The van der Waals surface area contributed by atoms with Gasteiger partial charge in [0.2, 0.25) is 0 Å². The van der Waals surface area contributed by atoms with E-state index in [1.54, 1.807) is 18.2 Å². The molecule has 0 radical (unpaired) electrons. The summed E-state index contributed by atoms with van der Waals surface area (Å²) in [5.74, 6) is -0.734. The Morgan fingerprint density at radius 3 is 2.41 bits per heavy atom. The van der Waals surface area contributed by atoms with E-state index in [1.165, 1.54) is 23.4 Å². The summed E-state index contributed by atoms with van der Waals surface area (Å²) in [4.78, 5) is 11.5. The van der Waals surface area contributed by atoms with E-state index in [-0.39, 0.29) is 23.8 Å². The first-order valence-electron chi connectivity index (χ1n) is 13.2. The first-order chi connectivity index (χ1) is 18.7. The maximum atomic E-state index is 11.5. The summed E-state index contributed by atoms with van der Waals surface area (Å²) in [5, 5.41) is 26.0. The molecule has 3 N–H and O–H groups in total. The predicted molar refractivity (Wildman–Crippen MR) is 155 cm³/mol. The Morgan fingerprint density at radius 2 is 1.67 bits per heavy atom. The molecule has 0 aliphatic carbocycles. The molecule has 0 heterocycles. The van der Waals surface area contributed by atoms with Gasteiger partial charge in [-0.05, 0) is 72.4 Å². The van der Waals surface area contributed by atoms with Crippen LogP contribution in [0.3, 0.4) is 0 Å². The van der Waals surface area contributed by atoms with E-state index in [0.29, 0.717) is 12.3 Å². The van der Waals surface area contributed by atoms with Crippen LogP contribution < -0.4 is 10.1 Å². The summed E-state index contributed by atoms with van der Waals surface area (Å²) in [7, 11) is 1.46. The minimum absolute atomic E-state index is 0.113. The lowest BCUT2D eigenvalue weighted by atomic mass is 9.93. The molecule has 0 saturated heterocycles. The summed E-state index contributed by atoms with van der Waals surface area (Å²) in [5.41, 5.74) is 3.85. The number of ether oxygens (including phenoxy) is 2. The minimum Gasteiger partial charge on any atom is -0.496 e. The van der Waals surface area contributed by atoms with Crippen LogP contribution in [0.2, 0.25) is 0 Å². The molecular formula is C33H37NO5. The van der Waals surface area contributed by atoms with Gasteiger partial charge in [0.15, 0.2) is 0 Å². The molecule has 0 saturated carbocycles. The average Bonchev–Trinajstić information content (AvgIpc) is 2.94. The van der Waals surface area contributed by atoms with Gasteiger partial charge in [0.25, 0.3) is 0 Å². The number of nitrogens with one attached hydrogen (secondary N) is 1. The predicted octanol–water partition coefficient (Wildman–Crippen LogP) is 6.26. The molecule has 0 amide bonds. The van der Waals surface area contributed by atoms with Crippen molar-refractivity contribution in [1.82, 2.24) is 5.32 Å².